The molecule has 3 aromatic rings. The Kier molecular flexibility index (Phi) is 6.11. The normalized spacial score (nSPS) is 13.4. The highest BCUT2D eigenvalue weighted by Gasteiger charge is 2.33. The maximum absolute atomic E-state index is 11.3. The Hall–Kier alpha value is -1.59. The highest BCUT2D eigenvalue weighted by atomic mass is 35.5. The van der Waals surface area contributed by atoms with Gasteiger partial charge in [-0.2, -0.15) is 0 Å². The lowest BCUT2D eigenvalue weighted by Crippen LogP contribution is -2.44. The van der Waals surface area contributed by atoms with Crippen LogP contribution in [0, 0.1) is 6.92 Å². The van der Waals surface area contributed by atoms with Crippen LogP contribution >= 0.6 is 34.5 Å². The third-order valence-corrected chi connectivity index (χ3v) is 6.04. The van der Waals surface area contributed by atoms with E-state index in [1.54, 1.807) is 17.4 Å². The molecule has 3 rings (SSSR count). The van der Waals surface area contributed by atoms with Gasteiger partial charge in [-0.15, -0.1) is 11.3 Å². The van der Waals surface area contributed by atoms with Crippen LogP contribution in [-0.4, -0.2) is 16.6 Å². The summed E-state index contributed by atoms with van der Waals surface area (Å²) in [6.45, 7) is 6.60. The molecule has 27 heavy (non-hydrogen) atoms. The van der Waals surface area contributed by atoms with Gasteiger partial charge in [-0.05, 0) is 38.5 Å². The van der Waals surface area contributed by atoms with Crippen LogP contribution in [0.5, 0.6) is 0 Å². The van der Waals surface area contributed by atoms with Crippen molar-refractivity contribution in [1.29, 1.82) is 0 Å². The summed E-state index contributed by atoms with van der Waals surface area (Å²) in [7, 11) is 0. The number of anilines is 1. The SMILES string of the molecule is CCCN(c1nc(-c2ccc(Cl)cc2Cl)c(C)s1)C(C)(O)c1ccccc1. The minimum atomic E-state index is -1.16. The zero-order valence-corrected chi connectivity index (χ0v) is 17.9. The predicted molar refractivity (Wildman–Crippen MR) is 116 cm³/mol. The summed E-state index contributed by atoms with van der Waals surface area (Å²) in [4.78, 5) is 7.83. The molecule has 142 valence electrons. The second kappa shape index (κ2) is 8.19. The van der Waals surface area contributed by atoms with Gasteiger partial charge in [0, 0.05) is 27.6 Å². The van der Waals surface area contributed by atoms with Crippen molar-refractivity contribution in [2.75, 3.05) is 11.4 Å². The largest absolute Gasteiger partial charge is 0.367 e. The van der Waals surface area contributed by atoms with Crippen molar-refractivity contribution in [2.24, 2.45) is 0 Å². The number of hydrogen-bond acceptors (Lipinski definition) is 4. The van der Waals surface area contributed by atoms with E-state index in [1.165, 1.54) is 0 Å². The van der Waals surface area contributed by atoms with Crippen LogP contribution in [0.3, 0.4) is 0 Å². The molecule has 0 amide bonds. The van der Waals surface area contributed by atoms with E-state index in [9.17, 15) is 5.11 Å². The molecule has 1 aromatic heterocycles. The maximum atomic E-state index is 11.3. The molecule has 1 unspecified atom stereocenters. The summed E-state index contributed by atoms with van der Waals surface area (Å²) in [6.07, 6.45) is 0.888. The Bertz CT molecular complexity index is 925. The van der Waals surface area contributed by atoms with E-state index in [0.29, 0.717) is 16.6 Å². The third kappa shape index (κ3) is 4.14. The summed E-state index contributed by atoms with van der Waals surface area (Å²) in [6, 6.07) is 15.1. The van der Waals surface area contributed by atoms with Crippen molar-refractivity contribution in [2.45, 2.75) is 32.9 Å². The highest BCUT2D eigenvalue weighted by molar-refractivity contribution is 7.16. The van der Waals surface area contributed by atoms with Gasteiger partial charge in [-0.25, -0.2) is 4.98 Å². The summed E-state index contributed by atoms with van der Waals surface area (Å²) < 4.78 is 0. The first-order chi connectivity index (χ1) is 12.8. The Morgan fingerprint density at radius 2 is 1.85 bits per heavy atom. The second-order valence-electron chi connectivity index (χ2n) is 6.56. The van der Waals surface area contributed by atoms with Gasteiger partial charge in [-0.3, -0.25) is 0 Å². The summed E-state index contributed by atoms with van der Waals surface area (Å²) in [5.74, 6) is 0. The lowest BCUT2D eigenvalue weighted by molar-refractivity contribution is 0.0525. The molecule has 0 saturated carbocycles. The summed E-state index contributed by atoms with van der Waals surface area (Å²) >= 11 is 14.0. The van der Waals surface area contributed by atoms with E-state index >= 15 is 0 Å². The van der Waals surface area contributed by atoms with E-state index in [-0.39, 0.29) is 0 Å². The number of thiazole rings is 1. The number of halogens is 2. The van der Waals surface area contributed by atoms with Gasteiger partial charge in [0.2, 0.25) is 0 Å². The fourth-order valence-electron chi connectivity index (χ4n) is 3.06. The fourth-order valence-corrected chi connectivity index (χ4v) is 4.60. The zero-order valence-electron chi connectivity index (χ0n) is 15.5. The van der Waals surface area contributed by atoms with Crippen molar-refractivity contribution < 1.29 is 5.11 Å². The zero-order chi connectivity index (χ0) is 19.6. The van der Waals surface area contributed by atoms with Crippen LogP contribution in [0.1, 0.15) is 30.7 Å². The molecular formula is C21H22Cl2N2OS. The van der Waals surface area contributed by atoms with Crippen LogP contribution in [0.15, 0.2) is 48.5 Å². The van der Waals surface area contributed by atoms with Crippen LogP contribution in [-0.2, 0) is 5.72 Å². The van der Waals surface area contributed by atoms with Crippen molar-refractivity contribution in [1.82, 2.24) is 4.98 Å². The smallest absolute Gasteiger partial charge is 0.188 e. The lowest BCUT2D eigenvalue weighted by atomic mass is 10.0. The van der Waals surface area contributed by atoms with Crippen molar-refractivity contribution >= 4 is 39.7 Å². The highest BCUT2D eigenvalue weighted by Crippen LogP contribution is 2.40. The quantitative estimate of drug-likeness (QED) is 0.461. The number of aromatic nitrogens is 1. The van der Waals surface area contributed by atoms with Crippen LogP contribution < -0.4 is 4.90 Å². The molecular weight excluding hydrogens is 399 g/mol. The van der Waals surface area contributed by atoms with Gasteiger partial charge in [0.25, 0.3) is 0 Å². The monoisotopic (exact) mass is 420 g/mol. The van der Waals surface area contributed by atoms with E-state index in [1.807, 2.05) is 61.2 Å². The van der Waals surface area contributed by atoms with Gasteiger partial charge >= 0.3 is 0 Å². The summed E-state index contributed by atoms with van der Waals surface area (Å²) in [5, 5.41) is 13.3. The van der Waals surface area contributed by atoms with Gasteiger partial charge in [0.15, 0.2) is 10.9 Å². The standard InChI is InChI=1S/C21H22Cl2N2OS/c1-4-12-25(21(3,26)15-8-6-5-7-9-15)20-24-19(14(2)27-20)17-11-10-16(22)13-18(17)23/h5-11,13,26H,4,12H2,1-3H3. The van der Waals surface area contributed by atoms with E-state index < -0.39 is 5.72 Å². The summed E-state index contributed by atoms with van der Waals surface area (Å²) in [5.41, 5.74) is 1.33. The Labute approximate surface area is 174 Å². The first kappa shape index (κ1) is 20.2. The average molecular weight is 421 g/mol. The number of aliphatic hydroxyl groups is 1. The predicted octanol–water partition coefficient (Wildman–Crippen LogP) is 6.51. The molecule has 3 nitrogen and oxygen atoms in total. The lowest BCUT2D eigenvalue weighted by Gasteiger charge is -2.37. The first-order valence-corrected chi connectivity index (χ1v) is 10.4. The average Bonchev–Trinajstić information content (AvgIpc) is 3.01. The van der Waals surface area contributed by atoms with Crippen LogP contribution in [0.4, 0.5) is 5.13 Å². The Morgan fingerprint density at radius 3 is 2.48 bits per heavy atom. The number of benzene rings is 2. The molecule has 0 spiro atoms. The van der Waals surface area contributed by atoms with Gasteiger partial charge in [-0.1, -0.05) is 60.5 Å². The molecule has 2 aromatic carbocycles. The fraction of sp³-hybridized carbons (Fsp3) is 0.286. The first-order valence-electron chi connectivity index (χ1n) is 8.83. The minimum absolute atomic E-state index is 0.569. The number of aryl methyl sites for hydroxylation is 1. The van der Waals surface area contributed by atoms with Crippen molar-refractivity contribution in [3.8, 4) is 11.3 Å². The Morgan fingerprint density at radius 1 is 1.15 bits per heavy atom. The van der Waals surface area contributed by atoms with Gasteiger partial charge < -0.3 is 10.0 Å². The molecule has 0 saturated heterocycles. The molecule has 1 N–H and O–H groups in total. The number of hydrogen-bond donors (Lipinski definition) is 1. The molecule has 0 aliphatic heterocycles. The molecule has 6 heteroatoms. The van der Waals surface area contributed by atoms with E-state index in [2.05, 4.69) is 6.92 Å². The third-order valence-electron chi connectivity index (χ3n) is 4.50. The molecule has 0 aliphatic carbocycles. The van der Waals surface area contributed by atoms with E-state index in [0.717, 1.165) is 33.3 Å². The molecule has 1 heterocycles. The van der Waals surface area contributed by atoms with Crippen molar-refractivity contribution in [3.05, 3.63) is 69.0 Å². The van der Waals surface area contributed by atoms with E-state index in [4.69, 9.17) is 28.2 Å². The number of rotatable bonds is 6. The minimum Gasteiger partial charge on any atom is -0.367 e. The molecule has 0 bridgehead atoms. The molecule has 1 atom stereocenters. The number of nitrogens with zero attached hydrogens (tertiary/aromatic N) is 2. The van der Waals surface area contributed by atoms with Gasteiger partial charge in [0.1, 0.15) is 0 Å². The van der Waals surface area contributed by atoms with Crippen molar-refractivity contribution in [3.63, 3.8) is 0 Å². The maximum Gasteiger partial charge on any atom is 0.188 e. The van der Waals surface area contributed by atoms with Gasteiger partial charge in [0.05, 0.1) is 10.7 Å². The topological polar surface area (TPSA) is 36.4 Å². The molecule has 0 radical (unpaired) electrons. The van der Waals surface area contributed by atoms with Crippen LogP contribution in [0.25, 0.3) is 11.3 Å². The molecule has 0 fully saturated rings. The second-order valence-corrected chi connectivity index (χ2v) is 8.59. The van der Waals surface area contributed by atoms with Crippen LogP contribution in [0.2, 0.25) is 10.0 Å². The molecule has 0 aliphatic rings. The Balaban J connectivity index is 2.05.